The molecule has 2 heterocycles. The first-order chi connectivity index (χ1) is 10.6. The second-order valence-electron chi connectivity index (χ2n) is 7.00. The van der Waals surface area contributed by atoms with Crippen LogP contribution < -0.4 is 0 Å². The molecule has 1 N–H and O–H groups in total. The van der Waals surface area contributed by atoms with Crippen LogP contribution in [0.25, 0.3) is 0 Å². The van der Waals surface area contributed by atoms with Gasteiger partial charge in [-0.15, -0.1) is 0 Å². The van der Waals surface area contributed by atoms with Gasteiger partial charge in [0.25, 0.3) is 0 Å². The van der Waals surface area contributed by atoms with Crippen LogP contribution in [0.3, 0.4) is 0 Å². The molecule has 2 amide bonds. The van der Waals surface area contributed by atoms with E-state index in [1.54, 1.807) is 25.7 Å². The van der Waals surface area contributed by atoms with Gasteiger partial charge < -0.3 is 19.6 Å². The smallest absolute Gasteiger partial charge is 0.410 e. The van der Waals surface area contributed by atoms with Crippen molar-refractivity contribution in [3.63, 3.8) is 0 Å². The Morgan fingerprint density at radius 3 is 2.48 bits per heavy atom. The molecule has 3 unspecified atom stereocenters. The molecule has 0 aromatic carbocycles. The zero-order valence-electron chi connectivity index (χ0n) is 13.9. The van der Waals surface area contributed by atoms with Gasteiger partial charge in [-0.1, -0.05) is 11.8 Å². The van der Waals surface area contributed by atoms with Gasteiger partial charge >= 0.3 is 6.09 Å². The molecule has 0 aromatic heterocycles. The van der Waals surface area contributed by atoms with Crippen LogP contribution in [0.4, 0.5) is 4.79 Å². The molecular formula is C15H24N2O5S. The van der Waals surface area contributed by atoms with E-state index in [1.807, 2.05) is 0 Å². The van der Waals surface area contributed by atoms with Crippen molar-refractivity contribution in [3.05, 3.63) is 0 Å². The Bertz CT molecular complexity index is 505. The standard InChI is InChI=1S/C15H24N2O5S/c1-9(18)23-10-5-13(20)17(6-10)11-7-16(8-12(11)19)14(21)22-15(2,3)4/h10-12,19H,5-8H2,1-4H3. The average Bonchev–Trinajstić information content (AvgIpc) is 2.90. The van der Waals surface area contributed by atoms with E-state index in [0.717, 1.165) is 11.8 Å². The second kappa shape index (κ2) is 6.68. The van der Waals surface area contributed by atoms with E-state index in [1.165, 1.54) is 11.8 Å². The highest BCUT2D eigenvalue weighted by Gasteiger charge is 2.44. The average molecular weight is 344 g/mol. The van der Waals surface area contributed by atoms with Crippen LogP contribution in [0.2, 0.25) is 0 Å². The number of β-amino-alcohol motifs (C(OH)–C–C–N with tert-alkyl or cyclic N) is 1. The third-order valence-corrected chi connectivity index (χ3v) is 4.75. The minimum absolute atomic E-state index is 0.0213. The summed E-state index contributed by atoms with van der Waals surface area (Å²) in [6, 6.07) is -0.437. The number of carbonyl (C=O) groups excluding carboxylic acids is 3. The van der Waals surface area contributed by atoms with Crippen LogP contribution in [0.1, 0.15) is 34.1 Å². The summed E-state index contributed by atoms with van der Waals surface area (Å²) in [6.07, 6.45) is -0.993. The van der Waals surface area contributed by atoms with E-state index in [0.29, 0.717) is 13.0 Å². The Labute approximate surface area is 140 Å². The highest BCUT2D eigenvalue weighted by molar-refractivity contribution is 8.14. The van der Waals surface area contributed by atoms with Gasteiger partial charge in [0.2, 0.25) is 5.91 Å². The first-order valence-corrected chi connectivity index (χ1v) is 8.57. The van der Waals surface area contributed by atoms with Crippen molar-refractivity contribution in [3.8, 4) is 0 Å². The van der Waals surface area contributed by atoms with Gasteiger partial charge in [-0.05, 0) is 20.8 Å². The summed E-state index contributed by atoms with van der Waals surface area (Å²) in [5, 5.41) is 10.1. The van der Waals surface area contributed by atoms with Crippen molar-refractivity contribution in [2.75, 3.05) is 19.6 Å². The van der Waals surface area contributed by atoms with Gasteiger partial charge in [0.05, 0.1) is 18.7 Å². The fraction of sp³-hybridized carbons (Fsp3) is 0.800. The van der Waals surface area contributed by atoms with Gasteiger partial charge in [-0.25, -0.2) is 4.79 Å². The summed E-state index contributed by atoms with van der Waals surface area (Å²) in [4.78, 5) is 38.5. The number of carbonyl (C=O) groups is 3. The predicted molar refractivity (Wildman–Crippen MR) is 86.0 cm³/mol. The quantitative estimate of drug-likeness (QED) is 0.799. The number of aliphatic hydroxyl groups is 1. The zero-order valence-corrected chi connectivity index (χ0v) is 14.8. The van der Waals surface area contributed by atoms with E-state index in [2.05, 4.69) is 0 Å². The fourth-order valence-corrected chi connectivity index (χ4v) is 3.81. The monoisotopic (exact) mass is 344 g/mol. The highest BCUT2D eigenvalue weighted by Crippen LogP contribution is 2.29. The van der Waals surface area contributed by atoms with Crippen LogP contribution in [0.5, 0.6) is 0 Å². The molecule has 2 aliphatic rings. The van der Waals surface area contributed by atoms with Crippen LogP contribution in [0, 0.1) is 0 Å². The largest absolute Gasteiger partial charge is 0.444 e. The number of likely N-dealkylation sites (tertiary alicyclic amines) is 2. The Morgan fingerprint density at radius 2 is 1.91 bits per heavy atom. The number of nitrogens with zero attached hydrogens (tertiary/aromatic N) is 2. The lowest BCUT2D eigenvalue weighted by molar-refractivity contribution is -0.131. The van der Waals surface area contributed by atoms with Crippen molar-refractivity contribution in [1.82, 2.24) is 9.80 Å². The van der Waals surface area contributed by atoms with E-state index >= 15 is 0 Å². The minimum atomic E-state index is -0.799. The normalized spacial score (nSPS) is 28.4. The van der Waals surface area contributed by atoms with E-state index in [4.69, 9.17) is 4.74 Å². The molecule has 7 nitrogen and oxygen atoms in total. The van der Waals surface area contributed by atoms with Crippen LogP contribution in [-0.2, 0) is 14.3 Å². The molecule has 0 bridgehead atoms. The molecule has 2 saturated heterocycles. The predicted octanol–water partition coefficient (Wildman–Crippen LogP) is 0.847. The topological polar surface area (TPSA) is 87.2 Å². The lowest BCUT2D eigenvalue weighted by Crippen LogP contribution is -2.44. The number of hydrogen-bond acceptors (Lipinski definition) is 6. The van der Waals surface area contributed by atoms with Crippen molar-refractivity contribution >= 4 is 28.9 Å². The van der Waals surface area contributed by atoms with Gasteiger partial charge in [0, 0.05) is 31.7 Å². The molecule has 0 spiro atoms. The van der Waals surface area contributed by atoms with Crippen molar-refractivity contribution < 1.29 is 24.2 Å². The SMILES string of the molecule is CC(=O)SC1CC(=O)N(C2CN(C(=O)OC(C)(C)C)CC2O)C1. The maximum absolute atomic E-state index is 12.2. The Balaban J connectivity index is 1.98. The first-order valence-electron chi connectivity index (χ1n) is 7.69. The van der Waals surface area contributed by atoms with E-state index in [9.17, 15) is 19.5 Å². The molecule has 3 atom stereocenters. The molecule has 0 aromatic rings. The lowest BCUT2D eigenvalue weighted by Gasteiger charge is -2.27. The molecule has 8 heteroatoms. The zero-order chi connectivity index (χ0) is 17.4. The molecular weight excluding hydrogens is 320 g/mol. The summed E-state index contributed by atoms with van der Waals surface area (Å²) in [5.74, 6) is -0.0844. The first kappa shape index (κ1) is 18.1. The van der Waals surface area contributed by atoms with Crippen LogP contribution >= 0.6 is 11.8 Å². The summed E-state index contributed by atoms with van der Waals surface area (Å²) in [7, 11) is 0. The molecule has 130 valence electrons. The Morgan fingerprint density at radius 1 is 1.26 bits per heavy atom. The minimum Gasteiger partial charge on any atom is -0.444 e. The summed E-state index contributed by atoms with van der Waals surface area (Å²) < 4.78 is 5.31. The highest BCUT2D eigenvalue weighted by atomic mass is 32.2. The molecule has 0 saturated carbocycles. The summed E-state index contributed by atoms with van der Waals surface area (Å²) in [5.41, 5.74) is -0.604. The second-order valence-corrected chi connectivity index (χ2v) is 8.48. The van der Waals surface area contributed by atoms with Crippen LogP contribution in [-0.4, -0.2) is 74.7 Å². The van der Waals surface area contributed by atoms with Gasteiger partial charge in [0.15, 0.2) is 5.12 Å². The number of rotatable bonds is 2. The Hall–Kier alpha value is -1.28. The molecule has 0 radical (unpaired) electrons. The number of aliphatic hydroxyl groups excluding tert-OH is 1. The third kappa shape index (κ3) is 4.60. The number of ether oxygens (including phenoxy) is 1. The van der Waals surface area contributed by atoms with Gasteiger partial charge in [0.1, 0.15) is 5.60 Å². The van der Waals surface area contributed by atoms with Gasteiger partial charge in [-0.2, -0.15) is 0 Å². The molecule has 2 rings (SSSR count). The number of amides is 2. The van der Waals surface area contributed by atoms with Crippen molar-refractivity contribution in [2.45, 2.75) is 57.1 Å². The van der Waals surface area contributed by atoms with E-state index < -0.39 is 23.8 Å². The summed E-state index contributed by atoms with van der Waals surface area (Å²) in [6.45, 7) is 7.64. The molecule has 2 aliphatic heterocycles. The Kier molecular flexibility index (Phi) is 5.25. The molecule has 2 fully saturated rings. The maximum atomic E-state index is 12.2. The number of hydrogen-bond donors (Lipinski definition) is 1. The molecule has 0 aliphatic carbocycles. The van der Waals surface area contributed by atoms with E-state index in [-0.39, 0.29) is 29.4 Å². The fourth-order valence-electron chi connectivity index (χ4n) is 2.88. The third-order valence-electron chi connectivity index (χ3n) is 3.77. The van der Waals surface area contributed by atoms with Crippen molar-refractivity contribution in [2.24, 2.45) is 0 Å². The van der Waals surface area contributed by atoms with Crippen LogP contribution in [0.15, 0.2) is 0 Å². The van der Waals surface area contributed by atoms with Gasteiger partial charge in [-0.3, -0.25) is 9.59 Å². The summed E-state index contributed by atoms with van der Waals surface area (Å²) >= 11 is 1.16. The molecule has 23 heavy (non-hydrogen) atoms. The lowest BCUT2D eigenvalue weighted by atomic mass is 10.2. The van der Waals surface area contributed by atoms with Crippen molar-refractivity contribution in [1.29, 1.82) is 0 Å². The maximum Gasteiger partial charge on any atom is 0.410 e. The number of thioether (sulfide) groups is 1.